The van der Waals surface area contributed by atoms with Gasteiger partial charge in [-0.05, 0) is 18.4 Å². The van der Waals surface area contributed by atoms with Crippen LogP contribution in [0.1, 0.15) is 25.0 Å². The number of hydrogen-bond acceptors (Lipinski definition) is 1. The third-order valence-corrected chi connectivity index (χ3v) is 2.29. The van der Waals surface area contributed by atoms with Gasteiger partial charge in [0, 0.05) is 5.56 Å². The van der Waals surface area contributed by atoms with E-state index in [0.29, 0.717) is 11.8 Å². The van der Waals surface area contributed by atoms with Crippen molar-refractivity contribution in [2.24, 2.45) is 5.92 Å². The normalized spacial score (nSPS) is 10.6. The summed E-state index contributed by atoms with van der Waals surface area (Å²) in [4.78, 5) is 0. The van der Waals surface area contributed by atoms with E-state index in [-0.39, 0.29) is 0 Å². The molecule has 1 aromatic carbocycles. The topological polar surface area (TPSA) is 9.23 Å². The lowest BCUT2D eigenvalue weighted by atomic mass is 10.1. The Balaban J connectivity index is 2.82. The summed E-state index contributed by atoms with van der Waals surface area (Å²) in [6.07, 6.45) is 0. The maximum atomic E-state index is 5.84. The third kappa shape index (κ3) is 2.91. The Hall–Kier alpha value is -0.690. The molecule has 0 saturated heterocycles. The first-order valence-corrected chi connectivity index (χ1v) is 5.46. The van der Waals surface area contributed by atoms with Gasteiger partial charge >= 0.3 is 0 Å². The summed E-state index contributed by atoms with van der Waals surface area (Å²) in [6.45, 7) is 7.07. The predicted octanol–water partition coefficient (Wildman–Crippen LogP) is 3.77. The minimum atomic E-state index is 0.509. The Labute approximate surface area is 91.0 Å². The molecule has 0 aliphatic carbocycles. The molecule has 0 amide bonds. The maximum absolute atomic E-state index is 5.84. The van der Waals surface area contributed by atoms with Crippen LogP contribution < -0.4 is 4.74 Å². The summed E-state index contributed by atoms with van der Waals surface area (Å²) in [7, 11) is 0. The van der Waals surface area contributed by atoms with E-state index >= 15 is 0 Å². The van der Waals surface area contributed by atoms with E-state index in [1.807, 2.05) is 25.1 Å². The minimum absolute atomic E-state index is 0.509. The monoisotopic (exact) mass is 212 g/mol. The molecule has 0 bridgehead atoms. The zero-order valence-corrected chi connectivity index (χ0v) is 9.77. The Bertz CT molecular complexity index is 294. The Morgan fingerprint density at radius 1 is 1.36 bits per heavy atom. The maximum Gasteiger partial charge on any atom is 0.126 e. The summed E-state index contributed by atoms with van der Waals surface area (Å²) in [6, 6.07) is 6.07. The summed E-state index contributed by atoms with van der Waals surface area (Å²) in [5.74, 6) is 2.00. The van der Waals surface area contributed by atoms with Gasteiger partial charge in [0.05, 0.1) is 12.5 Å². The molecule has 0 spiro atoms. The summed E-state index contributed by atoms with van der Waals surface area (Å²) in [5.41, 5.74) is 2.23. The molecule has 0 aliphatic heterocycles. The van der Waals surface area contributed by atoms with Gasteiger partial charge in [0.15, 0.2) is 0 Å². The van der Waals surface area contributed by atoms with Crippen LogP contribution in [0.25, 0.3) is 0 Å². The first-order chi connectivity index (χ1) is 6.65. The molecule has 78 valence electrons. The average Bonchev–Trinajstić information content (AvgIpc) is 2.15. The van der Waals surface area contributed by atoms with Crippen molar-refractivity contribution in [2.75, 3.05) is 6.61 Å². The fourth-order valence-electron chi connectivity index (χ4n) is 1.27. The number of rotatable bonds is 4. The third-order valence-electron chi connectivity index (χ3n) is 2.00. The summed E-state index contributed by atoms with van der Waals surface area (Å²) in [5, 5.41) is 0. The van der Waals surface area contributed by atoms with Crippen LogP contribution in [0, 0.1) is 12.8 Å². The van der Waals surface area contributed by atoms with E-state index in [4.69, 9.17) is 16.3 Å². The van der Waals surface area contributed by atoms with Crippen LogP contribution in [0.5, 0.6) is 5.75 Å². The van der Waals surface area contributed by atoms with E-state index in [9.17, 15) is 0 Å². The van der Waals surface area contributed by atoms with E-state index in [1.165, 1.54) is 0 Å². The zero-order valence-electron chi connectivity index (χ0n) is 9.01. The molecule has 0 saturated carbocycles. The molecule has 1 aromatic rings. The number of hydrogen-bond donors (Lipinski definition) is 0. The van der Waals surface area contributed by atoms with Crippen molar-refractivity contribution < 1.29 is 4.74 Å². The first-order valence-electron chi connectivity index (χ1n) is 4.92. The molecule has 0 unspecified atom stereocenters. The number of alkyl halides is 1. The molecule has 1 rings (SSSR count). The van der Waals surface area contributed by atoms with Crippen molar-refractivity contribution in [3.8, 4) is 5.75 Å². The van der Waals surface area contributed by atoms with E-state index < -0.39 is 0 Å². The van der Waals surface area contributed by atoms with Crippen LogP contribution in [0.2, 0.25) is 0 Å². The zero-order chi connectivity index (χ0) is 10.6. The van der Waals surface area contributed by atoms with Gasteiger partial charge in [0.25, 0.3) is 0 Å². The van der Waals surface area contributed by atoms with Crippen LogP contribution in [0.15, 0.2) is 18.2 Å². The highest BCUT2D eigenvalue weighted by Crippen LogP contribution is 2.25. The molecule has 14 heavy (non-hydrogen) atoms. The number of aryl methyl sites for hydroxylation is 1. The number of halogens is 1. The van der Waals surface area contributed by atoms with Crippen molar-refractivity contribution in [3.63, 3.8) is 0 Å². The van der Waals surface area contributed by atoms with Crippen LogP contribution in [0.3, 0.4) is 0 Å². The van der Waals surface area contributed by atoms with Gasteiger partial charge in [-0.15, -0.1) is 11.6 Å². The Morgan fingerprint density at radius 3 is 2.64 bits per heavy atom. The smallest absolute Gasteiger partial charge is 0.126 e. The molecule has 1 nitrogen and oxygen atoms in total. The summed E-state index contributed by atoms with van der Waals surface area (Å²) >= 11 is 5.84. The van der Waals surface area contributed by atoms with E-state index in [2.05, 4.69) is 13.8 Å². The predicted molar refractivity (Wildman–Crippen MR) is 61.1 cm³/mol. The van der Waals surface area contributed by atoms with Crippen LogP contribution >= 0.6 is 11.6 Å². The van der Waals surface area contributed by atoms with E-state index in [1.54, 1.807) is 0 Å². The van der Waals surface area contributed by atoms with Gasteiger partial charge in [-0.3, -0.25) is 0 Å². The van der Waals surface area contributed by atoms with Crippen molar-refractivity contribution >= 4 is 11.6 Å². The SMILES string of the molecule is Cc1cccc(CCl)c1OCC(C)C. The molecule has 0 radical (unpaired) electrons. The minimum Gasteiger partial charge on any atom is -0.493 e. The van der Waals surface area contributed by atoms with E-state index in [0.717, 1.165) is 23.5 Å². The van der Waals surface area contributed by atoms with Crippen molar-refractivity contribution in [3.05, 3.63) is 29.3 Å². The van der Waals surface area contributed by atoms with Crippen molar-refractivity contribution in [1.82, 2.24) is 0 Å². The lowest BCUT2D eigenvalue weighted by Gasteiger charge is -2.14. The molecular weight excluding hydrogens is 196 g/mol. The molecular formula is C12H17ClO. The Morgan fingerprint density at radius 2 is 2.07 bits per heavy atom. The largest absolute Gasteiger partial charge is 0.493 e. The van der Waals surface area contributed by atoms with Gasteiger partial charge < -0.3 is 4.74 Å². The quantitative estimate of drug-likeness (QED) is 0.691. The Kier molecular flexibility index (Phi) is 4.27. The lowest BCUT2D eigenvalue weighted by molar-refractivity contribution is 0.267. The second-order valence-electron chi connectivity index (χ2n) is 3.90. The number of ether oxygens (including phenoxy) is 1. The van der Waals surface area contributed by atoms with Gasteiger partial charge in [-0.25, -0.2) is 0 Å². The van der Waals surface area contributed by atoms with Gasteiger partial charge in [0.2, 0.25) is 0 Å². The van der Waals surface area contributed by atoms with Gasteiger partial charge in [-0.1, -0.05) is 32.0 Å². The second kappa shape index (κ2) is 5.26. The highest BCUT2D eigenvalue weighted by atomic mass is 35.5. The fraction of sp³-hybridized carbons (Fsp3) is 0.500. The second-order valence-corrected chi connectivity index (χ2v) is 4.17. The van der Waals surface area contributed by atoms with Crippen LogP contribution in [-0.4, -0.2) is 6.61 Å². The molecule has 0 N–H and O–H groups in total. The van der Waals surface area contributed by atoms with Gasteiger partial charge in [0.1, 0.15) is 5.75 Å². The fourth-order valence-corrected chi connectivity index (χ4v) is 1.49. The molecule has 0 atom stereocenters. The molecule has 2 heteroatoms. The molecule has 0 fully saturated rings. The number of para-hydroxylation sites is 1. The first kappa shape index (κ1) is 11.4. The molecule has 0 heterocycles. The lowest BCUT2D eigenvalue weighted by Crippen LogP contribution is -2.06. The summed E-state index contributed by atoms with van der Waals surface area (Å²) < 4.78 is 5.74. The van der Waals surface area contributed by atoms with Crippen LogP contribution in [0.4, 0.5) is 0 Å². The molecule has 0 aliphatic rings. The van der Waals surface area contributed by atoms with Gasteiger partial charge in [-0.2, -0.15) is 0 Å². The standard InChI is InChI=1S/C12H17ClO/c1-9(2)8-14-12-10(3)5-4-6-11(12)7-13/h4-6,9H,7-8H2,1-3H3. The average molecular weight is 213 g/mol. The van der Waals surface area contributed by atoms with Crippen molar-refractivity contribution in [1.29, 1.82) is 0 Å². The highest BCUT2D eigenvalue weighted by molar-refractivity contribution is 6.17. The van der Waals surface area contributed by atoms with Crippen LogP contribution in [-0.2, 0) is 5.88 Å². The van der Waals surface area contributed by atoms with Crippen molar-refractivity contribution in [2.45, 2.75) is 26.7 Å². The number of benzene rings is 1. The molecule has 0 aromatic heterocycles. The highest BCUT2D eigenvalue weighted by Gasteiger charge is 2.06.